The number of amides is 1. The first kappa shape index (κ1) is 12.0. The highest BCUT2D eigenvalue weighted by Gasteiger charge is 2.21. The maximum Gasteiger partial charge on any atom is 0.355 e. The molecule has 0 aliphatic carbocycles. The van der Waals surface area contributed by atoms with Crippen molar-refractivity contribution in [3.05, 3.63) is 16.1 Å². The molecule has 1 aromatic heterocycles. The molecule has 1 N–H and O–H groups in total. The average molecular weight is 256 g/mol. The lowest BCUT2D eigenvalue weighted by atomic mass is 10.4. The minimum absolute atomic E-state index is 0.0792. The molecule has 7 heteroatoms. The topological polar surface area (TPSA) is 79.7 Å². The molecular formula is C10H12N2O4S. The Balaban J connectivity index is 2.09. The van der Waals surface area contributed by atoms with E-state index in [0.717, 1.165) is 17.8 Å². The minimum Gasteiger partial charge on any atom is -0.476 e. The Bertz CT molecular complexity index is 424. The minimum atomic E-state index is -1.11. The molecule has 0 unspecified atom stereocenters. The molecule has 92 valence electrons. The van der Waals surface area contributed by atoms with Gasteiger partial charge < -0.3 is 14.7 Å². The van der Waals surface area contributed by atoms with E-state index < -0.39 is 5.97 Å². The Labute approximate surface area is 102 Å². The standard InChI is InChI=1S/C10H12N2O4S/c13-9(12-2-1-4-16-5-3-12)8-11-7(6-17-8)10(14)15/h6H,1-5H2,(H,14,15). The third kappa shape index (κ3) is 2.80. The summed E-state index contributed by atoms with van der Waals surface area (Å²) in [6.07, 6.45) is 0.795. The van der Waals surface area contributed by atoms with Crippen LogP contribution in [0.25, 0.3) is 0 Å². The molecule has 0 atom stereocenters. The number of aromatic carboxylic acids is 1. The molecule has 1 aliphatic rings. The number of carbonyl (C=O) groups excluding carboxylic acids is 1. The molecule has 2 rings (SSSR count). The third-order valence-corrected chi connectivity index (χ3v) is 3.25. The molecule has 0 saturated carbocycles. The van der Waals surface area contributed by atoms with Crippen LogP contribution in [0.4, 0.5) is 0 Å². The summed E-state index contributed by atoms with van der Waals surface area (Å²) in [7, 11) is 0. The fourth-order valence-electron chi connectivity index (χ4n) is 1.55. The van der Waals surface area contributed by atoms with Crippen molar-refractivity contribution in [3.63, 3.8) is 0 Å². The van der Waals surface area contributed by atoms with E-state index in [4.69, 9.17) is 9.84 Å². The van der Waals surface area contributed by atoms with Crippen LogP contribution in [-0.4, -0.2) is 53.2 Å². The third-order valence-electron chi connectivity index (χ3n) is 2.42. The molecule has 1 amide bonds. The summed E-state index contributed by atoms with van der Waals surface area (Å²) >= 11 is 1.06. The normalized spacial score (nSPS) is 16.6. The van der Waals surface area contributed by atoms with Gasteiger partial charge in [0, 0.05) is 25.1 Å². The lowest BCUT2D eigenvalue weighted by Crippen LogP contribution is -2.33. The quantitative estimate of drug-likeness (QED) is 0.842. The van der Waals surface area contributed by atoms with Crippen molar-refractivity contribution in [3.8, 4) is 0 Å². The van der Waals surface area contributed by atoms with Gasteiger partial charge in [0.25, 0.3) is 5.91 Å². The second-order valence-corrected chi connectivity index (χ2v) is 4.46. The summed E-state index contributed by atoms with van der Waals surface area (Å²) in [5.41, 5.74) is -0.0792. The molecule has 0 radical (unpaired) electrons. The van der Waals surface area contributed by atoms with E-state index in [0.29, 0.717) is 26.3 Å². The predicted octanol–water partition coefficient (Wildman–Crippen LogP) is 0.704. The largest absolute Gasteiger partial charge is 0.476 e. The predicted molar refractivity (Wildman–Crippen MR) is 60.4 cm³/mol. The van der Waals surface area contributed by atoms with Crippen LogP contribution in [0.3, 0.4) is 0 Å². The summed E-state index contributed by atoms with van der Waals surface area (Å²) in [4.78, 5) is 28.1. The SMILES string of the molecule is O=C(O)c1csc(C(=O)N2CCCOCC2)n1. The van der Waals surface area contributed by atoms with E-state index in [9.17, 15) is 9.59 Å². The van der Waals surface area contributed by atoms with Crippen LogP contribution in [0.5, 0.6) is 0 Å². The smallest absolute Gasteiger partial charge is 0.355 e. The summed E-state index contributed by atoms with van der Waals surface area (Å²) in [6, 6.07) is 0. The number of thiazole rings is 1. The first-order valence-electron chi connectivity index (χ1n) is 5.24. The number of hydrogen-bond donors (Lipinski definition) is 1. The van der Waals surface area contributed by atoms with Gasteiger partial charge in [-0.1, -0.05) is 0 Å². The zero-order chi connectivity index (χ0) is 12.3. The highest BCUT2D eigenvalue weighted by Crippen LogP contribution is 2.13. The van der Waals surface area contributed by atoms with E-state index >= 15 is 0 Å². The van der Waals surface area contributed by atoms with Gasteiger partial charge in [-0.15, -0.1) is 11.3 Å². The van der Waals surface area contributed by atoms with Gasteiger partial charge >= 0.3 is 5.97 Å². The highest BCUT2D eigenvalue weighted by molar-refractivity contribution is 7.11. The zero-order valence-electron chi connectivity index (χ0n) is 9.09. The van der Waals surface area contributed by atoms with Crippen molar-refractivity contribution in [1.29, 1.82) is 0 Å². The number of carbonyl (C=O) groups is 2. The zero-order valence-corrected chi connectivity index (χ0v) is 9.90. The highest BCUT2D eigenvalue weighted by atomic mass is 32.1. The first-order valence-corrected chi connectivity index (χ1v) is 6.12. The van der Waals surface area contributed by atoms with Gasteiger partial charge in [0.1, 0.15) is 0 Å². The molecule has 0 aromatic carbocycles. The van der Waals surface area contributed by atoms with E-state index in [2.05, 4.69) is 4.98 Å². The molecule has 0 spiro atoms. The van der Waals surface area contributed by atoms with Crippen LogP contribution in [0.2, 0.25) is 0 Å². The van der Waals surface area contributed by atoms with E-state index in [1.807, 2.05) is 0 Å². The van der Waals surface area contributed by atoms with Gasteiger partial charge in [-0.2, -0.15) is 0 Å². The molecule has 2 heterocycles. The Hall–Kier alpha value is -1.47. The molecular weight excluding hydrogens is 244 g/mol. The van der Waals surface area contributed by atoms with Crippen LogP contribution in [0.1, 0.15) is 26.7 Å². The van der Waals surface area contributed by atoms with Crippen LogP contribution < -0.4 is 0 Å². The number of carboxylic acids is 1. The van der Waals surface area contributed by atoms with Gasteiger partial charge in [0.2, 0.25) is 0 Å². The van der Waals surface area contributed by atoms with Crippen LogP contribution in [0, 0.1) is 0 Å². The second kappa shape index (κ2) is 5.24. The maximum absolute atomic E-state index is 12.0. The number of carboxylic acid groups (broad SMARTS) is 1. The fourth-order valence-corrected chi connectivity index (χ4v) is 2.31. The Morgan fingerprint density at radius 3 is 2.94 bits per heavy atom. The van der Waals surface area contributed by atoms with Crippen molar-refractivity contribution in [1.82, 2.24) is 9.88 Å². The monoisotopic (exact) mass is 256 g/mol. The number of hydrogen-bond acceptors (Lipinski definition) is 5. The van der Waals surface area contributed by atoms with Crippen LogP contribution >= 0.6 is 11.3 Å². The second-order valence-electron chi connectivity index (χ2n) is 3.60. The Morgan fingerprint density at radius 2 is 2.24 bits per heavy atom. The number of ether oxygens (including phenoxy) is 1. The van der Waals surface area contributed by atoms with Crippen LogP contribution in [-0.2, 0) is 4.74 Å². The molecule has 1 aromatic rings. The first-order chi connectivity index (χ1) is 8.18. The number of nitrogens with zero attached hydrogens (tertiary/aromatic N) is 2. The number of aromatic nitrogens is 1. The summed E-state index contributed by atoms with van der Waals surface area (Å²) in [5.74, 6) is -1.33. The van der Waals surface area contributed by atoms with Gasteiger partial charge in [-0.25, -0.2) is 9.78 Å². The number of rotatable bonds is 2. The van der Waals surface area contributed by atoms with Gasteiger partial charge in [-0.05, 0) is 6.42 Å². The molecule has 1 aliphatic heterocycles. The van der Waals surface area contributed by atoms with E-state index in [1.54, 1.807) is 4.90 Å². The van der Waals surface area contributed by atoms with Crippen molar-refractivity contribution in [2.45, 2.75) is 6.42 Å². The average Bonchev–Trinajstić information content (AvgIpc) is 2.65. The Kier molecular flexibility index (Phi) is 3.70. The lowest BCUT2D eigenvalue weighted by Gasteiger charge is -2.17. The summed E-state index contributed by atoms with van der Waals surface area (Å²) in [5, 5.41) is 10.3. The van der Waals surface area contributed by atoms with Gasteiger partial charge in [-0.3, -0.25) is 4.79 Å². The molecule has 1 saturated heterocycles. The van der Waals surface area contributed by atoms with Gasteiger partial charge in [0.15, 0.2) is 10.7 Å². The maximum atomic E-state index is 12.0. The molecule has 0 bridgehead atoms. The van der Waals surface area contributed by atoms with E-state index in [1.165, 1.54) is 5.38 Å². The molecule has 1 fully saturated rings. The Morgan fingerprint density at radius 1 is 1.41 bits per heavy atom. The molecule has 17 heavy (non-hydrogen) atoms. The van der Waals surface area contributed by atoms with Crippen molar-refractivity contribution in [2.75, 3.05) is 26.3 Å². The van der Waals surface area contributed by atoms with Crippen LogP contribution in [0.15, 0.2) is 5.38 Å². The summed E-state index contributed by atoms with van der Waals surface area (Å²) in [6.45, 7) is 2.33. The molecule has 6 nitrogen and oxygen atoms in total. The summed E-state index contributed by atoms with van der Waals surface area (Å²) < 4.78 is 5.25. The van der Waals surface area contributed by atoms with E-state index in [-0.39, 0.29) is 16.6 Å². The van der Waals surface area contributed by atoms with Crippen molar-refractivity contribution >= 4 is 23.2 Å². The van der Waals surface area contributed by atoms with Crippen molar-refractivity contribution < 1.29 is 19.4 Å². The lowest BCUT2D eigenvalue weighted by molar-refractivity contribution is 0.0691. The van der Waals surface area contributed by atoms with Gasteiger partial charge in [0.05, 0.1) is 6.61 Å². The van der Waals surface area contributed by atoms with Crippen molar-refractivity contribution in [2.24, 2.45) is 0 Å². The fraction of sp³-hybridized carbons (Fsp3) is 0.500.